The number of nitrogen functional groups attached to an aromatic ring is 1. The number of carbonyl (C=O) groups excluding carboxylic acids is 1. The fourth-order valence-electron chi connectivity index (χ4n) is 1.64. The van der Waals surface area contributed by atoms with Gasteiger partial charge in [0.05, 0.1) is 6.61 Å². The summed E-state index contributed by atoms with van der Waals surface area (Å²) >= 11 is 0. The van der Waals surface area contributed by atoms with Crippen LogP contribution in [0.5, 0.6) is 0 Å². The van der Waals surface area contributed by atoms with Gasteiger partial charge in [0.2, 0.25) is 0 Å². The number of ether oxygens (including phenoxy) is 1. The molecule has 0 spiro atoms. The third-order valence-electron chi connectivity index (χ3n) is 2.50. The number of hydrogen-bond donors (Lipinski definition) is 2. The van der Waals surface area contributed by atoms with E-state index in [1.54, 1.807) is 24.3 Å². The molecule has 0 fully saturated rings. The van der Waals surface area contributed by atoms with Gasteiger partial charge in [-0.25, -0.2) is 0 Å². The van der Waals surface area contributed by atoms with Crippen LogP contribution in [-0.4, -0.2) is 25.7 Å². The topological polar surface area (TPSA) is 77.5 Å². The number of carbonyl (C=O) groups is 1. The van der Waals surface area contributed by atoms with Crippen molar-refractivity contribution in [1.29, 1.82) is 0 Å². The summed E-state index contributed by atoms with van der Waals surface area (Å²) in [6.45, 7) is 3.51. The van der Waals surface area contributed by atoms with Crippen molar-refractivity contribution in [3.8, 4) is 0 Å². The van der Waals surface area contributed by atoms with E-state index in [1.165, 1.54) is 0 Å². The van der Waals surface area contributed by atoms with Crippen LogP contribution in [0.3, 0.4) is 0 Å². The maximum absolute atomic E-state index is 11.8. The molecule has 0 atom stereocenters. The van der Waals surface area contributed by atoms with E-state index in [0.717, 1.165) is 5.39 Å². The average molecular weight is 248 g/mol. The number of fused-ring (bicyclic) bond motifs is 1. The Kier molecular flexibility index (Phi) is 3.84. The van der Waals surface area contributed by atoms with E-state index in [4.69, 9.17) is 14.9 Å². The summed E-state index contributed by atoms with van der Waals surface area (Å²) < 4.78 is 10.6. The highest BCUT2D eigenvalue weighted by molar-refractivity contribution is 5.96. The van der Waals surface area contributed by atoms with Crippen molar-refractivity contribution in [2.24, 2.45) is 0 Å². The van der Waals surface area contributed by atoms with E-state index in [9.17, 15) is 4.79 Å². The van der Waals surface area contributed by atoms with Gasteiger partial charge in [0, 0.05) is 24.2 Å². The Balaban J connectivity index is 2.04. The van der Waals surface area contributed by atoms with E-state index in [0.29, 0.717) is 31.0 Å². The molecule has 0 unspecified atom stereocenters. The monoisotopic (exact) mass is 248 g/mol. The van der Waals surface area contributed by atoms with E-state index in [2.05, 4.69) is 5.32 Å². The highest BCUT2D eigenvalue weighted by Gasteiger charge is 2.11. The zero-order chi connectivity index (χ0) is 13.0. The van der Waals surface area contributed by atoms with Crippen molar-refractivity contribution < 1.29 is 13.9 Å². The number of furan rings is 1. The molecular formula is C13H16N2O3. The van der Waals surface area contributed by atoms with Crippen LogP contribution in [0.15, 0.2) is 28.7 Å². The number of nitrogens with two attached hydrogens (primary N) is 1. The Morgan fingerprint density at radius 2 is 2.28 bits per heavy atom. The fourth-order valence-corrected chi connectivity index (χ4v) is 1.64. The van der Waals surface area contributed by atoms with Crippen LogP contribution in [0.25, 0.3) is 11.0 Å². The Labute approximate surface area is 105 Å². The highest BCUT2D eigenvalue weighted by atomic mass is 16.5. The van der Waals surface area contributed by atoms with E-state index < -0.39 is 0 Å². The Morgan fingerprint density at radius 1 is 1.44 bits per heavy atom. The maximum Gasteiger partial charge on any atom is 0.287 e. The summed E-state index contributed by atoms with van der Waals surface area (Å²) in [6.07, 6.45) is 0. The third-order valence-corrected chi connectivity index (χ3v) is 2.50. The molecule has 0 bridgehead atoms. The number of amides is 1. The molecule has 5 nitrogen and oxygen atoms in total. The molecule has 0 aliphatic rings. The molecule has 1 aromatic carbocycles. The van der Waals surface area contributed by atoms with Gasteiger partial charge in [-0.3, -0.25) is 4.79 Å². The number of hydrogen-bond acceptors (Lipinski definition) is 4. The second-order valence-electron chi connectivity index (χ2n) is 3.86. The first-order valence-corrected chi connectivity index (χ1v) is 5.85. The third kappa shape index (κ3) is 2.81. The van der Waals surface area contributed by atoms with Gasteiger partial charge < -0.3 is 20.2 Å². The van der Waals surface area contributed by atoms with Gasteiger partial charge in [-0.2, -0.15) is 0 Å². The molecule has 1 heterocycles. The van der Waals surface area contributed by atoms with E-state index in [-0.39, 0.29) is 11.7 Å². The lowest BCUT2D eigenvalue weighted by atomic mass is 10.2. The van der Waals surface area contributed by atoms with Crippen molar-refractivity contribution in [3.05, 3.63) is 30.0 Å². The highest BCUT2D eigenvalue weighted by Crippen LogP contribution is 2.21. The lowest BCUT2D eigenvalue weighted by molar-refractivity contribution is 0.0898. The van der Waals surface area contributed by atoms with Crippen LogP contribution < -0.4 is 11.1 Å². The molecule has 2 aromatic rings. The minimum atomic E-state index is -0.246. The van der Waals surface area contributed by atoms with Crippen LogP contribution in [0.2, 0.25) is 0 Å². The van der Waals surface area contributed by atoms with E-state index in [1.807, 2.05) is 6.92 Å². The molecule has 0 radical (unpaired) electrons. The minimum Gasteiger partial charge on any atom is -0.451 e. The zero-order valence-corrected chi connectivity index (χ0v) is 10.2. The quantitative estimate of drug-likeness (QED) is 0.624. The van der Waals surface area contributed by atoms with Crippen LogP contribution >= 0.6 is 0 Å². The Morgan fingerprint density at radius 3 is 3.06 bits per heavy atom. The molecule has 3 N–H and O–H groups in total. The lowest BCUT2D eigenvalue weighted by Crippen LogP contribution is -2.26. The summed E-state index contributed by atoms with van der Waals surface area (Å²) in [5.41, 5.74) is 6.96. The van der Waals surface area contributed by atoms with Crippen LogP contribution in [0.4, 0.5) is 5.69 Å². The smallest absolute Gasteiger partial charge is 0.287 e. The van der Waals surface area contributed by atoms with Gasteiger partial charge in [-0.15, -0.1) is 0 Å². The summed E-state index contributed by atoms with van der Waals surface area (Å²) in [4.78, 5) is 11.8. The van der Waals surface area contributed by atoms with Gasteiger partial charge in [0.25, 0.3) is 5.91 Å². The fraction of sp³-hybridized carbons (Fsp3) is 0.308. The largest absolute Gasteiger partial charge is 0.451 e. The van der Waals surface area contributed by atoms with Crippen LogP contribution in [0, 0.1) is 0 Å². The second kappa shape index (κ2) is 5.55. The summed E-state index contributed by atoms with van der Waals surface area (Å²) in [5.74, 6) is 0.0385. The molecule has 0 saturated heterocycles. The van der Waals surface area contributed by atoms with Crippen molar-refractivity contribution >= 4 is 22.6 Å². The SMILES string of the molecule is CCOCCNC(=O)c1cc2cc(N)ccc2o1. The molecule has 1 aromatic heterocycles. The Bertz CT molecular complexity index is 548. The summed E-state index contributed by atoms with van der Waals surface area (Å²) in [7, 11) is 0. The molecule has 0 saturated carbocycles. The average Bonchev–Trinajstić information content (AvgIpc) is 2.77. The minimum absolute atomic E-state index is 0.246. The van der Waals surface area contributed by atoms with Crippen molar-refractivity contribution in [2.45, 2.75) is 6.92 Å². The van der Waals surface area contributed by atoms with Gasteiger partial charge in [0.15, 0.2) is 5.76 Å². The van der Waals surface area contributed by atoms with E-state index >= 15 is 0 Å². The summed E-state index contributed by atoms with van der Waals surface area (Å²) in [6, 6.07) is 6.95. The summed E-state index contributed by atoms with van der Waals surface area (Å²) in [5, 5.41) is 3.54. The van der Waals surface area contributed by atoms with Gasteiger partial charge in [-0.05, 0) is 31.2 Å². The number of rotatable bonds is 5. The zero-order valence-electron chi connectivity index (χ0n) is 10.2. The van der Waals surface area contributed by atoms with Crippen molar-refractivity contribution in [3.63, 3.8) is 0 Å². The molecule has 1 amide bonds. The number of benzene rings is 1. The molecule has 18 heavy (non-hydrogen) atoms. The first-order valence-electron chi connectivity index (χ1n) is 5.85. The lowest BCUT2D eigenvalue weighted by Gasteiger charge is -2.02. The van der Waals surface area contributed by atoms with Gasteiger partial charge >= 0.3 is 0 Å². The molecule has 0 aliphatic carbocycles. The number of anilines is 1. The number of nitrogens with one attached hydrogen (secondary N) is 1. The standard InChI is InChI=1S/C13H16N2O3/c1-2-17-6-5-15-13(16)12-8-9-7-10(14)3-4-11(9)18-12/h3-4,7-8H,2,5-6,14H2,1H3,(H,15,16). The van der Waals surface area contributed by atoms with Gasteiger partial charge in [0.1, 0.15) is 5.58 Å². The first kappa shape index (κ1) is 12.4. The molecule has 96 valence electrons. The molecule has 5 heteroatoms. The predicted molar refractivity (Wildman–Crippen MR) is 69.5 cm³/mol. The second-order valence-corrected chi connectivity index (χ2v) is 3.86. The van der Waals surface area contributed by atoms with Crippen molar-refractivity contribution in [1.82, 2.24) is 5.32 Å². The van der Waals surface area contributed by atoms with Crippen LogP contribution in [0.1, 0.15) is 17.5 Å². The predicted octanol–water partition coefficient (Wildman–Crippen LogP) is 1.78. The van der Waals surface area contributed by atoms with Crippen molar-refractivity contribution in [2.75, 3.05) is 25.5 Å². The normalized spacial score (nSPS) is 10.7. The molecule has 0 aliphatic heterocycles. The van der Waals surface area contributed by atoms with Gasteiger partial charge in [-0.1, -0.05) is 0 Å². The Hall–Kier alpha value is -2.01. The first-order chi connectivity index (χ1) is 8.70. The molecular weight excluding hydrogens is 232 g/mol. The molecule has 2 rings (SSSR count). The maximum atomic E-state index is 11.8. The van der Waals surface area contributed by atoms with Crippen LogP contribution in [-0.2, 0) is 4.74 Å².